The van der Waals surface area contributed by atoms with E-state index in [1.807, 2.05) is 0 Å². The predicted octanol–water partition coefficient (Wildman–Crippen LogP) is 2.25. The Morgan fingerprint density at radius 1 is 1.53 bits per heavy atom. The number of rotatable bonds is 3. The van der Waals surface area contributed by atoms with Crippen molar-refractivity contribution in [2.75, 3.05) is 11.6 Å². The number of hydrogen-bond donors (Lipinski definition) is 1. The Hall–Kier alpha value is -1.33. The molecule has 7 heteroatoms. The molecule has 0 aliphatic heterocycles. The second kappa shape index (κ2) is 4.46. The molecule has 15 heavy (non-hydrogen) atoms. The maximum absolute atomic E-state index is 11.3. The van der Waals surface area contributed by atoms with Crippen LogP contribution >= 0.6 is 23.2 Å². The first kappa shape index (κ1) is 11.7. The normalized spacial score (nSPS) is 10.0. The van der Waals surface area contributed by atoms with Gasteiger partial charge in [-0.1, -0.05) is 11.6 Å². The largest absolute Gasteiger partial charge is 0.397 e. The van der Waals surface area contributed by atoms with Crippen molar-refractivity contribution in [3.05, 3.63) is 32.8 Å². The standard InChI is InChI=1S/C8H6Cl2N2O3/c9-3-6(13)7-5(12(14)15)2-1-4(11)8(7)10/h1-2H,3,11H2. The number of halogens is 2. The lowest BCUT2D eigenvalue weighted by molar-refractivity contribution is -0.385. The van der Waals surface area contributed by atoms with E-state index in [0.29, 0.717) is 0 Å². The van der Waals surface area contributed by atoms with Crippen LogP contribution < -0.4 is 5.73 Å². The van der Waals surface area contributed by atoms with E-state index in [0.717, 1.165) is 6.07 Å². The Morgan fingerprint density at radius 3 is 2.60 bits per heavy atom. The maximum Gasteiger partial charge on any atom is 0.281 e. The Labute approximate surface area is 94.9 Å². The summed E-state index contributed by atoms with van der Waals surface area (Å²) in [5.74, 6) is -1.01. The first-order valence-electron chi connectivity index (χ1n) is 3.80. The third-order valence-corrected chi connectivity index (χ3v) is 2.40. The number of carbonyl (C=O) groups is 1. The van der Waals surface area contributed by atoms with E-state index in [1.54, 1.807) is 0 Å². The number of carbonyl (C=O) groups excluding carboxylic acids is 1. The lowest BCUT2D eigenvalue weighted by Gasteiger charge is -2.04. The minimum Gasteiger partial charge on any atom is -0.397 e. The van der Waals surface area contributed by atoms with Crippen LogP contribution in [-0.2, 0) is 0 Å². The van der Waals surface area contributed by atoms with Crippen LogP contribution in [0.2, 0.25) is 5.02 Å². The Morgan fingerprint density at radius 2 is 2.13 bits per heavy atom. The zero-order valence-corrected chi connectivity index (χ0v) is 8.88. The van der Waals surface area contributed by atoms with Crippen LogP contribution in [0.1, 0.15) is 10.4 Å². The molecule has 0 aliphatic carbocycles. The van der Waals surface area contributed by atoms with Crippen LogP contribution in [0.3, 0.4) is 0 Å². The molecule has 1 aromatic carbocycles. The molecule has 0 amide bonds. The fourth-order valence-corrected chi connectivity index (χ4v) is 1.47. The Kier molecular flexibility index (Phi) is 3.49. The van der Waals surface area contributed by atoms with Crippen LogP contribution in [0.25, 0.3) is 0 Å². The quantitative estimate of drug-likeness (QED) is 0.292. The number of nitrogens with two attached hydrogens (primary N) is 1. The summed E-state index contributed by atoms with van der Waals surface area (Å²) in [4.78, 5) is 21.2. The summed E-state index contributed by atoms with van der Waals surface area (Å²) in [7, 11) is 0. The van der Waals surface area contributed by atoms with Crippen molar-refractivity contribution in [3.8, 4) is 0 Å². The van der Waals surface area contributed by atoms with Gasteiger partial charge in [-0.3, -0.25) is 14.9 Å². The molecule has 0 fully saturated rings. The minimum absolute atomic E-state index is 0.107. The molecule has 0 saturated heterocycles. The number of nitro benzene ring substituents is 1. The van der Waals surface area contributed by atoms with E-state index in [4.69, 9.17) is 28.9 Å². The van der Waals surface area contributed by atoms with Crippen molar-refractivity contribution in [2.24, 2.45) is 0 Å². The van der Waals surface area contributed by atoms with Crippen LogP contribution in [0.15, 0.2) is 12.1 Å². The molecule has 0 unspecified atom stereocenters. The fraction of sp³-hybridized carbons (Fsp3) is 0.125. The zero-order valence-electron chi connectivity index (χ0n) is 7.37. The summed E-state index contributed by atoms with van der Waals surface area (Å²) in [5, 5.41) is 10.5. The van der Waals surface area contributed by atoms with Gasteiger partial charge in [-0.25, -0.2) is 0 Å². The van der Waals surface area contributed by atoms with Crippen molar-refractivity contribution < 1.29 is 9.72 Å². The first-order chi connectivity index (χ1) is 6.99. The summed E-state index contributed by atoms with van der Waals surface area (Å²) in [6.07, 6.45) is 0. The number of anilines is 1. The van der Waals surface area contributed by atoms with Crippen molar-refractivity contribution in [1.29, 1.82) is 0 Å². The third kappa shape index (κ3) is 2.19. The van der Waals surface area contributed by atoms with E-state index >= 15 is 0 Å². The number of benzene rings is 1. The van der Waals surface area contributed by atoms with Gasteiger partial charge in [-0.05, 0) is 6.07 Å². The van der Waals surface area contributed by atoms with Crippen LogP contribution in [-0.4, -0.2) is 16.6 Å². The number of Topliss-reactive ketones (excluding diaryl/α,β-unsaturated/α-hetero) is 1. The molecule has 0 heterocycles. The lowest BCUT2D eigenvalue weighted by Crippen LogP contribution is -2.07. The molecule has 0 radical (unpaired) electrons. The molecule has 0 saturated carbocycles. The number of alkyl halides is 1. The van der Waals surface area contributed by atoms with Crippen molar-refractivity contribution in [3.63, 3.8) is 0 Å². The summed E-state index contributed by atoms with van der Waals surface area (Å²) >= 11 is 11.0. The average molecular weight is 249 g/mol. The van der Waals surface area contributed by atoms with E-state index in [1.165, 1.54) is 6.07 Å². The van der Waals surface area contributed by atoms with Gasteiger partial charge in [-0.15, -0.1) is 11.6 Å². The van der Waals surface area contributed by atoms with E-state index in [9.17, 15) is 14.9 Å². The highest BCUT2D eigenvalue weighted by Crippen LogP contribution is 2.31. The smallest absolute Gasteiger partial charge is 0.281 e. The van der Waals surface area contributed by atoms with Gasteiger partial charge in [-0.2, -0.15) is 0 Å². The van der Waals surface area contributed by atoms with Gasteiger partial charge >= 0.3 is 0 Å². The molecular formula is C8H6Cl2N2O3. The molecule has 1 rings (SSSR count). The van der Waals surface area contributed by atoms with Gasteiger partial charge in [0.1, 0.15) is 5.56 Å². The fourth-order valence-electron chi connectivity index (χ4n) is 1.07. The summed E-state index contributed by atoms with van der Waals surface area (Å²) in [5.41, 5.74) is 4.91. The Bertz CT molecular complexity index is 434. The molecule has 0 atom stereocenters. The molecule has 2 N–H and O–H groups in total. The van der Waals surface area contributed by atoms with E-state index in [2.05, 4.69) is 0 Å². The number of nitro groups is 1. The second-order valence-corrected chi connectivity index (χ2v) is 3.32. The summed E-state index contributed by atoms with van der Waals surface area (Å²) < 4.78 is 0. The van der Waals surface area contributed by atoms with Gasteiger partial charge in [0.2, 0.25) is 0 Å². The van der Waals surface area contributed by atoms with Gasteiger partial charge in [0.05, 0.1) is 21.5 Å². The highest BCUT2D eigenvalue weighted by Gasteiger charge is 2.24. The Balaban J connectivity index is 3.48. The highest BCUT2D eigenvalue weighted by atomic mass is 35.5. The number of ketones is 1. The molecule has 5 nitrogen and oxygen atoms in total. The predicted molar refractivity (Wildman–Crippen MR) is 57.6 cm³/mol. The molecule has 80 valence electrons. The third-order valence-electron chi connectivity index (χ3n) is 1.75. The van der Waals surface area contributed by atoms with Crippen LogP contribution in [0, 0.1) is 10.1 Å². The van der Waals surface area contributed by atoms with Crippen molar-refractivity contribution >= 4 is 40.4 Å². The van der Waals surface area contributed by atoms with Gasteiger partial charge in [0.25, 0.3) is 5.69 Å². The molecule has 0 aliphatic rings. The minimum atomic E-state index is -0.703. The molecule has 0 bridgehead atoms. The van der Waals surface area contributed by atoms with Crippen molar-refractivity contribution in [2.45, 2.75) is 0 Å². The average Bonchev–Trinajstić information content (AvgIpc) is 2.20. The first-order valence-corrected chi connectivity index (χ1v) is 4.71. The number of nitrogen functional groups attached to an aromatic ring is 1. The van der Waals surface area contributed by atoms with Crippen molar-refractivity contribution in [1.82, 2.24) is 0 Å². The van der Waals surface area contributed by atoms with E-state index < -0.39 is 10.7 Å². The number of hydrogen-bond acceptors (Lipinski definition) is 4. The summed E-state index contributed by atoms with van der Waals surface area (Å²) in [6, 6.07) is 2.40. The van der Waals surface area contributed by atoms with Gasteiger partial charge in [0.15, 0.2) is 5.78 Å². The van der Waals surface area contributed by atoms with E-state index in [-0.39, 0.29) is 27.8 Å². The monoisotopic (exact) mass is 248 g/mol. The van der Waals surface area contributed by atoms with Gasteiger partial charge in [0, 0.05) is 6.07 Å². The lowest BCUT2D eigenvalue weighted by atomic mass is 10.1. The highest BCUT2D eigenvalue weighted by molar-refractivity contribution is 6.39. The second-order valence-electron chi connectivity index (χ2n) is 2.68. The number of nitrogens with zero attached hydrogens (tertiary/aromatic N) is 1. The van der Waals surface area contributed by atoms with Crippen LogP contribution in [0.4, 0.5) is 11.4 Å². The topological polar surface area (TPSA) is 86.2 Å². The molecular weight excluding hydrogens is 243 g/mol. The zero-order chi connectivity index (χ0) is 11.6. The maximum atomic E-state index is 11.3. The summed E-state index contributed by atoms with van der Waals surface area (Å²) in [6.45, 7) is 0. The SMILES string of the molecule is Nc1ccc([N+](=O)[O-])c(C(=O)CCl)c1Cl. The molecule has 0 aromatic heterocycles. The van der Waals surface area contributed by atoms with Crippen LogP contribution in [0.5, 0.6) is 0 Å². The molecule has 0 spiro atoms. The van der Waals surface area contributed by atoms with Gasteiger partial charge < -0.3 is 5.73 Å². The molecule has 1 aromatic rings.